The Bertz CT molecular complexity index is 114. The topological polar surface area (TPSA) is 86.5 Å². The quantitative estimate of drug-likeness (QED) is 0.735. The molecule has 1 radical (unpaired) electrons. The van der Waals surface area contributed by atoms with Crippen molar-refractivity contribution in [2.75, 3.05) is 13.2 Å². The summed E-state index contributed by atoms with van der Waals surface area (Å²) in [6.45, 7) is 3.06. The minimum Gasteiger partial charge on any atom is -0.554 e. The van der Waals surface area contributed by atoms with Crippen molar-refractivity contribution in [3.05, 3.63) is 7.11 Å². The third kappa shape index (κ3) is 89.2. The summed E-state index contributed by atoms with van der Waals surface area (Å²) in [5, 5.41) is 0. The number of hydrogen-bond donors (Lipinski definition) is 1. The molecule has 0 aliphatic heterocycles. The second-order valence-electron chi connectivity index (χ2n) is 1.67. The van der Waals surface area contributed by atoms with Gasteiger partial charge in [-0.2, -0.15) is 16.0 Å². The van der Waals surface area contributed by atoms with E-state index >= 15 is 0 Å². The normalized spacial score (nSPS) is 6.21. The van der Waals surface area contributed by atoms with Crippen LogP contribution in [-0.2, 0) is 51.8 Å². The second kappa shape index (κ2) is 38.1. The van der Waals surface area contributed by atoms with Gasteiger partial charge < -0.3 is 15.3 Å². The van der Waals surface area contributed by atoms with E-state index in [9.17, 15) is 4.79 Å². The van der Waals surface area contributed by atoms with Gasteiger partial charge in [0.2, 0.25) is 0 Å². The van der Waals surface area contributed by atoms with E-state index in [4.69, 9.17) is 15.3 Å². The molecule has 0 atom stereocenters. The van der Waals surface area contributed by atoms with E-state index in [0.29, 0.717) is 19.6 Å². The summed E-state index contributed by atoms with van der Waals surface area (Å²) in [7, 11) is 3.10. The molecule has 0 bridgehead atoms. The Labute approximate surface area is 110 Å². The molecule has 0 unspecified atom stereocenters. The summed E-state index contributed by atoms with van der Waals surface area (Å²) in [5.41, 5.74) is 4.97. The molecule has 0 aliphatic carbocycles. The van der Waals surface area contributed by atoms with Gasteiger partial charge in [-0.25, -0.2) is 7.11 Å². The van der Waals surface area contributed by atoms with Crippen LogP contribution in [0.25, 0.3) is 0 Å². The molecule has 0 amide bonds. The summed E-state index contributed by atoms with van der Waals surface area (Å²) in [6, 6.07) is 0. The van der Waals surface area contributed by atoms with Gasteiger partial charge in [-0.3, -0.25) is 6.29 Å². The minimum atomic E-state index is 0. The Morgan fingerprint density at radius 3 is 1.93 bits per heavy atom. The molecule has 0 aromatic heterocycles. The van der Waals surface area contributed by atoms with Crippen molar-refractivity contribution in [2.24, 2.45) is 5.73 Å². The summed E-state index contributed by atoms with van der Waals surface area (Å²) >= 11 is 0. The molecule has 5 nitrogen and oxygen atoms in total. The van der Waals surface area contributed by atoms with Crippen LogP contribution in [0, 0.1) is 7.11 Å². The Balaban J connectivity index is -0.0000000535. The van der Waals surface area contributed by atoms with E-state index in [1.807, 2.05) is 6.92 Å². The fraction of sp³-hybridized carbons (Fsp3) is 0.625. The fourth-order valence-electron chi connectivity index (χ4n) is 0.185. The zero-order valence-electron chi connectivity index (χ0n) is 8.32. The zero-order chi connectivity index (χ0) is 10.9. The molecule has 0 saturated heterocycles. The Morgan fingerprint density at radius 2 is 1.93 bits per heavy atom. The van der Waals surface area contributed by atoms with Crippen LogP contribution in [0.5, 0.6) is 0 Å². The van der Waals surface area contributed by atoms with Gasteiger partial charge in [0.05, 0.1) is 0 Å². The van der Waals surface area contributed by atoms with Gasteiger partial charge in [0.15, 0.2) is 0 Å². The monoisotopic (exact) mass is 278 g/mol. The van der Waals surface area contributed by atoms with E-state index in [2.05, 4.69) is 11.8 Å². The van der Waals surface area contributed by atoms with Crippen LogP contribution in [0.2, 0.25) is 0 Å². The van der Waals surface area contributed by atoms with Gasteiger partial charge in [0, 0.05) is 45.9 Å². The summed E-state index contributed by atoms with van der Waals surface area (Å²) < 4.78 is 4.32. The standard InChI is InChI=1S/C4H7O.C3H8NO.CO2.Y/c1-2-3-4-5;1-5-3-2-4;2-1-3;/h2-3H2,1H3;1-4H2;;/q2*-1;;. The van der Waals surface area contributed by atoms with Crippen molar-refractivity contribution < 1.29 is 51.8 Å². The first-order chi connectivity index (χ1) is 6.24. The number of unbranched alkanes of at least 4 members (excludes halogenated alkanes) is 1. The van der Waals surface area contributed by atoms with Crippen LogP contribution in [0.4, 0.5) is 0 Å². The van der Waals surface area contributed by atoms with Crippen molar-refractivity contribution >= 4 is 12.4 Å². The van der Waals surface area contributed by atoms with Crippen molar-refractivity contribution in [1.82, 2.24) is 0 Å². The summed E-state index contributed by atoms with van der Waals surface area (Å²) in [6.07, 6.45) is 3.52. The smallest absolute Gasteiger partial charge is 0.373 e. The van der Waals surface area contributed by atoms with Crippen LogP contribution >= 0.6 is 0 Å². The number of carbonyl (C=O) groups excluding carboxylic acids is 3. The average Bonchev–Trinajstić information content (AvgIpc) is 2.09. The second-order valence-corrected chi connectivity index (χ2v) is 1.67. The van der Waals surface area contributed by atoms with Crippen LogP contribution in [-0.4, -0.2) is 25.6 Å². The maximum atomic E-state index is 9.28. The third-order valence-corrected chi connectivity index (χ3v) is 0.614. The first-order valence-corrected chi connectivity index (χ1v) is 3.66. The fourth-order valence-corrected chi connectivity index (χ4v) is 0.185. The van der Waals surface area contributed by atoms with E-state index in [-0.39, 0.29) is 38.9 Å². The molecule has 2 N–H and O–H groups in total. The molecular formula is C8H15NO4Y-2. The van der Waals surface area contributed by atoms with Gasteiger partial charge in [0.25, 0.3) is 0 Å². The van der Waals surface area contributed by atoms with Gasteiger partial charge in [-0.15, -0.1) is 0 Å². The van der Waals surface area contributed by atoms with Crippen LogP contribution in [0.15, 0.2) is 0 Å². The first kappa shape index (κ1) is 23.7. The van der Waals surface area contributed by atoms with E-state index in [1.54, 1.807) is 6.29 Å². The third-order valence-electron chi connectivity index (χ3n) is 0.614. The van der Waals surface area contributed by atoms with Crippen LogP contribution in [0.1, 0.15) is 19.8 Å². The Hall–Kier alpha value is 0.0739. The maximum absolute atomic E-state index is 9.28. The first-order valence-electron chi connectivity index (χ1n) is 3.66. The van der Waals surface area contributed by atoms with Crippen molar-refractivity contribution in [3.63, 3.8) is 0 Å². The van der Waals surface area contributed by atoms with Gasteiger partial charge in [0.1, 0.15) is 0 Å². The Morgan fingerprint density at radius 1 is 1.50 bits per heavy atom. The number of rotatable bonds is 4. The zero-order valence-corrected chi connectivity index (χ0v) is 11.2. The predicted octanol–water partition coefficient (Wildman–Crippen LogP) is 0.0635. The van der Waals surface area contributed by atoms with Crippen LogP contribution < -0.4 is 5.73 Å². The number of hydrogen-bond acceptors (Lipinski definition) is 5. The Kier molecular flexibility index (Phi) is 64.5. The van der Waals surface area contributed by atoms with Gasteiger partial charge in [-0.1, -0.05) is 13.3 Å². The molecule has 0 spiro atoms. The van der Waals surface area contributed by atoms with Crippen molar-refractivity contribution in [2.45, 2.75) is 19.8 Å². The molecule has 0 aliphatic rings. The van der Waals surface area contributed by atoms with Crippen molar-refractivity contribution in [1.29, 1.82) is 0 Å². The van der Waals surface area contributed by atoms with Crippen LogP contribution in [0.3, 0.4) is 0 Å². The molecule has 81 valence electrons. The summed E-state index contributed by atoms with van der Waals surface area (Å²) in [5.74, 6) is 0. The largest absolute Gasteiger partial charge is 0.554 e. The summed E-state index contributed by atoms with van der Waals surface area (Å²) in [4.78, 5) is 25.5. The molecule has 0 rings (SSSR count). The molecule has 14 heavy (non-hydrogen) atoms. The molecule has 0 saturated carbocycles. The SMILES string of the molecule is CCC[C-]=O.O=C=O.[CH2-]OCCN.[Y]. The van der Waals surface area contributed by atoms with Gasteiger partial charge in [-0.05, 0) is 0 Å². The molecule has 0 heterocycles. The van der Waals surface area contributed by atoms with E-state index in [1.165, 1.54) is 0 Å². The molecule has 0 fully saturated rings. The molecular weight excluding hydrogens is 263 g/mol. The molecule has 0 aromatic rings. The van der Waals surface area contributed by atoms with E-state index in [0.717, 1.165) is 6.42 Å². The number of nitrogens with two attached hydrogens (primary N) is 1. The van der Waals surface area contributed by atoms with E-state index < -0.39 is 0 Å². The maximum Gasteiger partial charge on any atom is 0.373 e. The average molecular weight is 278 g/mol. The van der Waals surface area contributed by atoms with Gasteiger partial charge >= 0.3 is 6.15 Å². The molecule has 6 heteroatoms. The minimum absolute atomic E-state index is 0. The molecule has 0 aromatic carbocycles. The predicted molar refractivity (Wildman–Crippen MR) is 46.0 cm³/mol. The van der Waals surface area contributed by atoms with Crippen molar-refractivity contribution in [3.8, 4) is 0 Å². The number of ether oxygens (including phenoxy) is 1.